The second kappa shape index (κ2) is 4.82. The molecule has 88 valence electrons. The molecular formula is C13H15N3O. The maximum atomic E-state index is 10.9. The molecule has 1 amide bonds. The van der Waals surface area contributed by atoms with Crippen LogP contribution >= 0.6 is 0 Å². The van der Waals surface area contributed by atoms with Crippen molar-refractivity contribution in [3.63, 3.8) is 0 Å². The van der Waals surface area contributed by atoms with Crippen molar-refractivity contribution in [3.05, 3.63) is 53.3 Å². The normalized spacial score (nSPS) is 10.4. The smallest absolute Gasteiger partial charge is 0.269 e. The molecule has 0 saturated carbocycles. The minimum Gasteiger partial charge on any atom is -0.364 e. The SMILES string of the molecule is CCc1ccccc1Cn1ccc(C(N)=O)n1. The highest BCUT2D eigenvalue weighted by atomic mass is 16.1. The van der Waals surface area contributed by atoms with Gasteiger partial charge in [-0.05, 0) is 23.6 Å². The van der Waals surface area contributed by atoms with Gasteiger partial charge in [-0.15, -0.1) is 0 Å². The predicted molar refractivity (Wildman–Crippen MR) is 65.7 cm³/mol. The number of hydrogen-bond donors (Lipinski definition) is 1. The quantitative estimate of drug-likeness (QED) is 0.865. The maximum absolute atomic E-state index is 10.9. The highest BCUT2D eigenvalue weighted by Gasteiger charge is 2.06. The van der Waals surface area contributed by atoms with E-state index in [1.807, 2.05) is 12.1 Å². The topological polar surface area (TPSA) is 60.9 Å². The van der Waals surface area contributed by atoms with E-state index in [2.05, 4.69) is 24.2 Å². The van der Waals surface area contributed by atoms with E-state index in [9.17, 15) is 4.79 Å². The van der Waals surface area contributed by atoms with Gasteiger partial charge in [0, 0.05) is 6.20 Å². The lowest BCUT2D eigenvalue weighted by Crippen LogP contribution is -2.13. The molecule has 0 saturated heterocycles. The van der Waals surface area contributed by atoms with E-state index in [1.165, 1.54) is 11.1 Å². The Kier molecular flexibility index (Phi) is 3.23. The number of hydrogen-bond acceptors (Lipinski definition) is 2. The Morgan fingerprint density at radius 1 is 1.29 bits per heavy atom. The van der Waals surface area contributed by atoms with Crippen LogP contribution < -0.4 is 5.73 Å². The van der Waals surface area contributed by atoms with Crippen LogP contribution in [0.25, 0.3) is 0 Å². The number of nitrogens with zero attached hydrogens (tertiary/aromatic N) is 2. The van der Waals surface area contributed by atoms with E-state index in [4.69, 9.17) is 5.73 Å². The summed E-state index contributed by atoms with van der Waals surface area (Å²) in [7, 11) is 0. The fraction of sp³-hybridized carbons (Fsp3) is 0.231. The summed E-state index contributed by atoms with van der Waals surface area (Å²) in [5.41, 5.74) is 7.98. The highest BCUT2D eigenvalue weighted by molar-refractivity contribution is 5.90. The Hall–Kier alpha value is -2.10. The molecule has 4 heteroatoms. The van der Waals surface area contributed by atoms with Crippen LogP contribution in [-0.2, 0) is 13.0 Å². The Morgan fingerprint density at radius 3 is 2.59 bits per heavy atom. The molecular weight excluding hydrogens is 214 g/mol. The van der Waals surface area contributed by atoms with Gasteiger partial charge in [0.25, 0.3) is 5.91 Å². The van der Waals surface area contributed by atoms with Gasteiger partial charge in [-0.25, -0.2) is 0 Å². The maximum Gasteiger partial charge on any atom is 0.269 e. The van der Waals surface area contributed by atoms with Gasteiger partial charge in [0.1, 0.15) is 5.69 Å². The molecule has 17 heavy (non-hydrogen) atoms. The third-order valence-corrected chi connectivity index (χ3v) is 2.72. The fourth-order valence-electron chi connectivity index (χ4n) is 1.81. The first-order valence-corrected chi connectivity index (χ1v) is 5.60. The van der Waals surface area contributed by atoms with Crippen molar-refractivity contribution in [1.29, 1.82) is 0 Å². The zero-order valence-corrected chi connectivity index (χ0v) is 9.76. The van der Waals surface area contributed by atoms with Crippen LogP contribution in [-0.4, -0.2) is 15.7 Å². The minimum atomic E-state index is -0.493. The summed E-state index contributed by atoms with van der Waals surface area (Å²) in [5.74, 6) is -0.493. The van der Waals surface area contributed by atoms with Crippen molar-refractivity contribution in [2.75, 3.05) is 0 Å². The zero-order chi connectivity index (χ0) is 12.3. The number of primary amides is 1. The standard InChI is InChI=1S/C13H15N3O/c1-2-10-5-3-4-6-11(10)9-16-8-7-12(15-16)13(14)17/h3-8H,2,9H2,1H3,(H2,14,17). The summed E-state index contributed by atoms with van der Waals surface area (Å²) in [6, 6.07) is 9.85. The third kappa shape index (κ3) is 2.53. The molecule has 0 aliphatic rings. The van der Waals surface area contributed by atoms with Crippen LogP contribution in [0, 0.1) is 0 Å². The van der Waals surface area contributed by atoms with Crippen LogP contribution in [0.1, 0.15) is 28.5 Å². The first-order valence-electron chi connectivity index (χ1n) is 5.60. The number of amides is 1. The summed E-state index contributed by atoms with van der Waals surface area (Å²) in [6.07, 6.45) is 2.76. The number of aryl methyl sites for hydroxylation is 1. The summed E-state index contributed by atoms with van der Waals surface area (Å²) >= 11 is 0. The molecule has 4 nitrogen and oxygen atoms in total. The van der Waals surface area contributed by atoms with E-state index in [0.717, 1.165) is 6.42 Å². The van der Waals surface area contributed by atoms with Gasteiger partial charge in [0.15, 0.2) is 0 Å². The van der Waals surface area contributed by atoms with Gasteiger partial charge < -0.3 is 5.73 Å². The van der Waals surface area contributed by atoms with Crippen molar-refractivity contribution in [2.45, 2.75) is 19.9 Å². The summed E-state index contributed by atoms with van der Waals surface area (Å²) in [6.45, 7) is 2.79. The number of rotatable bonds is 4. The number of nitrogens with two attached hydrogens (primary N) is 1. The molecule has 0 bridgehead atoms. The summed E-state index contributed by atoms with van der Waals surface area (Å²) in [4.78, 5) is 10.9. The van der Waals surface area contributed by atoms with Crippen LogP contribution in [0.3, 0.4) is 0 Å². The number of aromatic nitrogens is 2. The first kappa shape index (κ1) is 11.4. The molecule has 2 rings (SSSR count). The second-order valence-electron chi connectivity index (χ2n) is 3.89. The van der Waals surface area contributed by atoms with Crippen molar-refractivity contribution < 1.29 is 4.79 Å². The molecule has 0 radical (unpaired) electrons. The lowest BCUT2D eigenvalue weighted by atomic mass is 10.1. The van der Waals surface area contributed by atoms with E-state index >= 15 is 0 Å². The predicted octanol–water partition coefficient (Wildman–Crippen LogP) is 1.59. The lowest BCUT2D eigenvalue weighted by Gasteiger charge is -2.07. The van der Waals surface area contributed by atoms with Crippen LogP contribution in [0.4, 0.5) is 0 Å². The Balaban J connectivity index is 2.22. The number of carbonyl (C=O) groups excluding carboxylic acids is 1. The molecule has 2 aromatic rings. The number of carbonyl (C=O) groups is 1. The van der Waals surface area contributed by atoms with E-state index < -0.39 is 5.91 Å². The molecule has 0 fully saturated rings. The van der Waals surface area contributed by atoms with Gasteiger partial charge in [0.2, 0.25) is 0 Å². The highest BCUT2D eigenvalue weighted by Crippen LogP contribution is 2.11. The van der Waals surface area contributed by atoms with Crippen molar-refractivity contribution >= 4 is 5.91 Å². The largest absolute Gasteiger partial charge is 0.364 e. The second-order valence-corrected chi connectivity index (χ2v) is 3.89. The molecule has 0 spiro atoms. The molecule has 1 aromatic carbocycles. The molecule has 0 aliphatic carbocycles. The van der Waals surface area contributed by atoms with Gasteiger partial charge >= 0.3 is 0 Å². The fourth-order valence-corrected chi connectivity index (χ4v) is 1.81. The minimum absolute atomic E-state index is 0.305. The molecule has 1 aromatic heterocycles. The van der Waals surface area contributed by atoms with E-state index in [-0.39, 0.29) is 0 Å². The Bertz CT molecular complexity index is 531. The molecule has 2 N–H and O–H groups in total. The van der Waals surface area contributed by atoms with Gasteiger partial charge in [-0.3, -0.25) is 9.48 Å². The monoisotopic (exact) mass is 229 g/mol. The van der Waals surface area contributed by atoms with Crippen LogP contribution in [0.15, 0.2) is 36.5 Å². The summed E-state index contributed by atoms with van der Waals surface area (Å²) < 4.78 is 1.73. The van der Waals surface area contributed by atoms with Crippen molar-refractivity contribution in [3.8, 4) is 0 Å². The summed E-state index contributed by atoms with van der Waals surface area (Å²) in [5, 5.41) is 4.12. The van der Waals surface area contributed by atoms with Gasteiger partial charge in [-0.1, -0.05) is 31.2 Å². The Morgan fingerprint density at radius 2 is 2.00 bits per heavy atom. The van der Waals surface area contributed by atoms with Crippen LogP contribution in [0.5, 0.6) is 0 Å². The van der Waals surface area contributed by atoms with E-state index in [1.54, 1.807) is 16.9 Å². The van der Waals surface area contributed by atoms with Crippen molar-refractivity contribution in [1.82, 2.24) is 9.78 Å². The molecule has 0 atom stereocenters. The Labute approximate surface area is 100 Å². The van der Waals surface area contributed by atoms with Crippen LogP contribution in [0.2, 0.25) is 0 Å². The average molecular weight is 229 g/mol. The first-order chi connectivity index (χ1) is 8.20. The van der Waals surface area contributed by atoms with Gasteiger partial charge in [-0.2, -0.15) is 5.10 Å². The molecule has 1 heterocycles. The number of benzene rings is 1. The average Bonchev–Trinajstić information content (AvgIpc) is 2.78. The molecule has 0 aliphatic heterocycles. The molecule has 0 unspecified atom stereocenters. The van der Waals surface area contributed by atoms with E-state index in [0.29, 0.717) is 12.2 Å². The van der Waals surface area contributed by atoms with Crippen molar-refractivity contribution in [2.24, 2.45) is 5.73 Å². The third-order valence-electron chi connectivity index (χ3n) is 2.72. The lowest BCUT2D eigenvalue weighted by molar-refractivity contribution is 0.0995. The van der Waals surface area contributed by atoms with Gasteiger partial charge in [0.05, 0.1) is 6.54 Å². The zero-order valence-electron chi connectivity index (χ0n) is 9.76.